The molecule has 0 heterocycles. The predicted octanol–water partition coefficient (Wildman–Crippen LogP) is 3.95. The zero-order valence-corrected chi connectivity index (χ0v) is 11.5. The lowest BCUT2D eigenvalue weighted by molar-refractivity contribution is -0.0632. The van der Waals surface area contributed by atoms with Gasteiger partial charge in [0.15, 0.2) is 0 Å². The number of rotatable bonds is 1. The van der Waals surface area contributed by atoms with Gasteiger partial charge in [-0.05, 0) is 49.7 Å². The van der Waals surface area contributed by atoms with Crippen molar-refractivity contribution in [1.29, 1.82) is 0 Å². The molecule has 0 radical (unpaired) electrons. The highest BCUT2D eigenvalue weighted by atomic mass is 16.3. The SMILES string of the molecule is Cc1ccc(C)c(C2(O)CC(C)CCC2C)c1. The van der Waals surface area contributed by atoms with Crippen molar-refractivity contribution in [1.82, 2.24) is 0 Å². The first-order valence-corrected chi connectivity index (χ1v) is 6.73. The van der Waals surface area contributed by atoms with Crippen molar-refractivity contribution in [3.8, 4) is 0 Å². The van der Waals surface area contributed by atoms with Gasteiger partial charge in [-0.1, -0.05) is 44.0 Å². The average Bonchev–Trinajstić information content (AvgIpc) is 2.27. The van der Waals surface area contributed by atoms with Crippen LogP contribution >= 0.6 is 0 Å². The molecule has 0 saturated heterocycles. The summed E-state index contributed by atoms with van der Waals surface area (Å²) in [6.45, 7) is 8.65. The van der Waals surface area contributed by atoms with Crippen LogP contribution in [0.5, 0.6) is 0 Å². The summed E-state index contributed by atoms with van der Waals surface area (Å²) >= 11 is 0. The topological polar surface area (TPSA) is 20.2 Å². The molecule has 0 spiro atoms. The first kappa shape index (κ1) is 12.6. The van der Waals surface area contributed by atoms with Gasteiger partial charge in [0.1, 0.15) is 0 Å². The third-order valence-corrected chi connectivity index (χ3v) is 4.43. The Hall–Kier alpha value is -0.820. The molecule has 1 nitrogen and oxygen atoms in total. The maximum atomic E-state index is 11.1. The molecule has 1 aliphatic carbocycles. The summed E-state index contributed by atoms with van der Waals surface area (Å²) in [6, 6.07) is 6.43. The van der Waals surface area contributed by atoms with Gasteiger partial charge in [-0.25, -0.2) is 0 Å². The molecule has 0 bridgehead atoms. The predicted molar refractivity (Wildman–Crippen MR) is 72.0 cm³/mol. The first-order valence-electron chi connectivity index (χ1n) is 6.73. The van der Waals surface area contributed by atoms with Gasteiger partial charge in [0.2, 0.25) is 0 Å². The fourth-order valence-electron chi connectivity index (χ4n) is 3.19. The highest BCUT2D eigenvalue weighted by Crippen LogP contribution is 2.44. The average molecular weight is 232 g/mol. The second kappa shape index (κ2) is 4.45. The van der Waals surface area contributed by atoms with Crippen LogP contribution in [0.3, 0.4) is 0 Å². The maximum Gasteiger partial charge on any atom is 0.0927 e. The summed E-state index contributed by atoms with van der Waals surface area (Å²) in [5.74, 6) is 0.982. The minimum atomic E-state index is -0.617. The molecule has 1 aliphatic rings. The van der Waals surface area contributed by atoms with Crippen LogP contribution < -0.4 is 0 Å². The molecule has 1 heteroatoms. The van der Waals surface area contributed by atoms with Gasteiger partial charge < -0.3 is 5.11 Å². The van der Waals surface area contributed by atoms with Crippen molar-refractivity contribution in [2.75, 3.05) is 0 Å². The highest BCUT2D eigenvalue weighted by Gasteiger charge is 2.40. The first-order chi connectivity index (χ1) is 7.93. The van der Waals surface area contributed by atoms with E-state index in [1.165, 1.54) is 17.5 Å². The molecule has 1 fully saturated rings. The molecule has 1 saturated carbocycles. The molecule has 17 heavy (non-hydrogen) atoms. The standard InChI is InChI=1S/C16H24O/c1-11-5-7-13(3)15(9-11)16(17)10-12(2)6-8-14(16)4/h5,7,9,12,14,17H,6,8,10H2,1-4H3. The maximum absolute atomic E-state index is 11.1. The monoisotopic (exact) mass is 232 g/mol. The van der Waals surface area contributed by atoms with Crippen LogP contribution in [0.15, 0.2) is 18.2 Å². The number of hydrogen-bond donors (Lipinski definition) is 1. The van der Waals surface area contributed by atoms with E-state index < -0.39 is 5.60 Å². The van der Waals surface area contributed by atoms with Crippen molar-refractivity contribution < 1.29 is 5.11 Å². The molecule has 3 atom stereocenters. The van der Waals surface area contributed by atoms with E-state index in [1.807, 2.05) is 0 Å². The Morgan fingerprint density at radius 1 is 1.18 bits per heavy atom. The van der Waals surface area contributed by atoms with Crippen LogP contribution in [-0.2, 0) is 5.60 Å². The Morgan fingerprint density at radius 2 is 1.88 bits per heavy atom. The molecule has 1 aromatic carbocycles. The van der Waals surface area contributed by atoms with Crippen molar-refractivity contribution in [3.05, 3.63) is 34.9 Å². The normalized spacial score (nSPS) is 33.7. The fraction of sp³-hybridized carbons (Fsp3) is 0.625. The number of aryl methyl sites for hydroxylation is 2. The van der Waals surface area contributed by atoms with Crippen molar-refractivity contribution in [2.45, 2.75) is 52.6 Å². The second-order valence-corrected chi connectivity index (χ2v) is 6.03. The Morgan fingerprint density at radius 3 is 2.59 bits per heavy atom. The summed E-state index contributed by atoms with van der Waals surface area (Å²) in [5, 5.41) is 11.1. The van der Waals surface area contributed by atoms with Crippen molar-refractivity contribution in [3.63, 3.8) is 0 Å². The van der Waals surface area contributed by atoms with E-state index in [1.54, 1.807) is 0 Å². The second-order valence-electron chi connectivity index (χ2n) is 6.03. The fourth-order valence-corrected chi connectivity index (χ4v) is 3.19. The third-order valence-electron chi connectivity index (χ3n) is 4.43. The number of hydrogen-bond acceptors (Lipinski definition) is 1. The molecule has 1 N–H and O–H groups in total. The van der Waals surface area contributed by atoms with Crippen LogP contribution in [-0.4, -0.2) is 5.11 Å². The molecular weight excluding hydrogens is 208 g/mol. The summed E-state index contributed by atoms with van der Waals surface area (Å²) in [7, 11) is 0. The molecule has 0 aromatic heterocycles. The highest BCUT2D eigenvalue weighted by molar-refractivity contribution is 5.36. The van der Waals surface area contributed by atoms with E-state index in [-0.39, 0.29) is 0 Å². The lowest BCUT2D eigenvalue weighted by Crippen LogP contribution is -2.39. The van der Waals surface area contributed by atoms with Gasteiger partial charge in [0.25, 0.3) is 0 Å². The molecular formula is C16H24O. The van der Waals surface area contributed by atoms with E-state index >= 15 is 0 Å². The largest absolute Gasteiger partial charge is 0.385 e. The quantitative estimate of drug-likeness (QED) is 0.777. The Labute approximate surface area is 105 Å². The lowest BCUT2D eigenvalue weighted by Gasteiger charge is -2.42. The van der Waals surface area contributed by atoms with E-state index in [2.05, 4.69) is 45.9 Å². The minimum Gasteiger partial charge on any atom is -0.385 e. The molecule has 3 unspecified atom stereocenters. The number of benzene rings is 1. The molecule has 0 aliphatic heterocycles. The Balaban J connectivity index is 2.45. The zero-order valence-electron chi connectivity index (χ0n) is 11.5. The van der Waals surface area contributed by atoms with E-state index in [0.717, 1.165) is 18.4 Å². The van der Waals surface area contributed by atoms with Gasteiger partial charge in [-0.3, -0.25) is 0 Å². The third kappa shape index (κ3) is 2.26. The van der Waals surface area contributed by atoms with E-state index in [4.69, 9.17) is 0 Å². The van der Waals surface area contributed by atoms with E-state index in [0.29, 0.717) is 11.8 Å². The zero-order chi connectivity index (χ0) is 12.6. The van der Waals surface area contributed by atoms with Crippen LogP contribution in [0.4, 0.5) is 0 Å². The summed E-state index contributed by atoms with van der Waals surface area (Å²) in [4.78, 5) is 0. The van der Waals surface area contributed by atoms with Gasteiger partial charge in [0, 0.05) is 0 Å². The number of aliphatic hydroxyl groups is 1. The van der Waals surface area contributed by atoms with Gasteiger partial charge in [-0.2, -0.15) is 0 Å². The van der Waals surface area contributed by atoms with Crippen LogP contribution in [0.2, 0.25) is 0 Å². The molecule has 1 aromatic rings. The molecule has 94 valence electrons. The van der Waals surface area contributed by atoms with Crippen LogP contribution in [0.1, 0.15) is 49.8 Å². The Kier molecular flexibility index (Phi) is 3.31. The van der Waals surface area contributed by atoms with Crippen LogP contribution in [0, 0.1) is 25.7 Å². The van der Waals surface area contributed by atoms with Gasteiger partial charge >= 0.3 is 0 Å². The molecule has 2 rings (SSSR count). The van der Waals surface area contributed by atoms with Gasteiger partial charge in [-0.15, -0.1) is 0 Å². The van der Waals surface area contributed by atoms with Crippen LogP contribution in [0.25, 0.3) is 0 Å². The summed E-state index contributed by atoms with van der Waals surface area (Å²) in [6.07, 6.45) is 3.28. The molecule has 0 amide bonds. The van der Waals surface area contributed by atoms with E-state index in [9.17, 15) is 5.11 Å². The van der Waals surface area contributed by atoms with Gasteiger partial charge in [0.05, 0.1) is 5.60 Å². The van der Waals surface area contributed by atoms with Crippen molar-refractivity contribution in [2.24, 2.45) is 11.8 Å². The minimum absolute atomic E-state index is 0.360. The summed E-state index contributed by atoms with van der Waals surface area (Å²) < 4.78 is 0. The van der Waals surface area contributed by atoms with Crippen molar-refractivity contribution >= 4 is 0 Å². The Bertz CT molecular complexity index is 410. The lowest BCUT2D eigenvalue weighted by atomic mass is 9.68. The summed E-state index contributed by atoms with van der Waals surface area (Å²) in [5.41, 5.74) is 2.99. The smallest absolute Gasteiger partial charge is 0.0927 e.